The molecule has 0 aliphatic rings. The molecule has 0 unspecified atom stereocenters. The minimum Gasteiger partial charge on any atom is -0.493 e. The predicted octanol–water partition coefficient (Wildman–Crippen LogP) is 4.66. The molecule has 3 rings (SSSR count). The average Bonchev–Trinajstić information content (AvgIpc) is 2.84. The van der Waals surface area contributed by atoms with E-state index in [1.165, 1.54) is 39.7 Å². The predicted molar refractivity (Wildman–Crippen MR) is 129 cm³/mol. The van der Waals surface area contributed by atoms with Crippen LogP contribution in [0.15, 0.2) is 59.7 Å². The number of methoxy groups -OCH3 is 3. The fourth-order valence-corrected chi connectivity index (χ4v) is 3.17. The van der Waals surface area contributed by atoms with Crippen molar-refractivity contribution < 1.29 is 28.5 Å². The summed E-state index contributed by atoms with van der Waals surface area (Å²) in [7, 11) is 4.40. The average molecular weight is 483 g/mol. The van der Waals surface area contributed by atoms with Crippen molar-refractivity contribution in [3.05, 3.63) is 81.9 Å². The van der Waals surface area contributed by atoms with E-state index in [9.17, 15) is 9.59 Å². The number of amides is 1. The number of ether oxygens (including phenoxy) is 4. The van der Waals surface area contributed by atoms with E-state index in [0.717, 1.165) is 5.56 Å². The van der Waals surface area contributed by atoms with Crippen LogP contribution in [0, 0.1) is 6.92 Å². The fraction of sp³-hybridized carbons (Fsp3) is 0.160. The van der Waals surface area contributed by atoms with E-state index in [1.54, 1.807) is 42.5 Å². The lowest BCUT2D eigenvalue weighted by molar-refractivity contribution is 0.0733. The summed E-state index contributed by atoms with van der Waals surface area (Å²) in [5, 5.41) is 4.46. The lowest BCUT2D eigenvalue weighted by Gasteiger charge is -2.13. The molecule has 0 bridgehead atoms. The lowest BCUT2D eigenvalue weighted by Crippen LogP contribution is -2.17. The number of hydrogen-bond donors (Lipinski definition) is 1. The van der Waals surface area contributed by atoms with Crippen LogP contribution in [0.2, 0.25) is 5.02 Å². The standard InChI is InChI=1S/C25H23ClN2O6/c1-15-8-9-17(11-20(15)26)24(29)28-27-14-16-6-5-7-19(10-16)34-25(30)18-12-21(31-2)23(33-4)22(13-18)32-3/h5-14H,1-4H3,(H,28,29)/b27-14+. The highest BCUT2D eigenvalue weighted by Crippen LogP contribution is 2.38. The molecule has 8 nitrogen and oxygen atoms in total. The summed E-state index contributed by atoms with van der Waals surface area (Å²) >= 11 is 6.06. The van der Waals surface area contributed by atoms with Crippen molar-refractivity contribution in [3.63, 3.8) is 0 Å². The maximum absolute atomic E-state index is 12.7. The second-order valence-electron chi connectivity index (χ2n) is 7.04. The van der Waals surface area contributed by atoms with Gasteiger partial charge in [-0.25, -0.2) is 10.2 Å². The first-order valence-corrected chi connectivity index (χ1v) is 10.5. The Labute approximate surface area is 202 Å². The Kier molecular flexibility index (Phi) is 8.10. The first kappa shape index (κ1) is 24.6. The molecule has 0 saturated carbocycles. The fourth-order valence-electron chi connectivity index (χ4n) is 2.99. The first-order chi connectivity index (χ1) is 16.4. The van der Waals surface area contributed by atoms with Gasteiger partial charge in [-0.1, -0.05) is 29.8 Å². The van der Waals surface area contributed by atoms with Gasteiger partial charge in [-0.2, -0.15) is 5.10 Å². The zero-order valence-electron chi connectivity index (χ0n) is 19.0. The third-order valence-electron chi connectivity index (χ3n) is 4.78. The van der Waals surface area contributed by atoms with Crippen LogP contribution in [0.25, 0.3) is 0 Å². The Morgan fingerprint density at radius 2 is 1.62 bits per heavy atom. The van der Waals surface area contributed by atoms with Crippen LogP contribution in [0.3, 0.4) is 0 Å². The highest BCUT2D eigenvalue weighted by molar-refractivity contribution is 6.31. The molecule has 176 valence electrons. The summed E-state index contributed by atoms with van der Waals surface area (Å²) in [5.74, 6) is 0.315. The highest BCUT2D eigenvalue weighted by Gasteiger charge is 2.18. The minimum absolute atomic E-state index is 0.220. The van der Waals surface area contributed by atoms with E-state index in [0.29, 0.717) is 39.1 Å². The summed E-state index contributed by atoms with van der Waals surface area (Å²) < 4.78 is 21.3. The third kappa shape index (κ3) is 5.85. The van der Waals surface area contributed by atoms with Gasteiger partial charge in [-0.3, -0.25) is 4.79 Å². The third-order valence-corrected chi connectivity index (χ3v) is 5.19. The summed E-state index contributed by atoms with van der Waals surface area (Å²) in [6.07, 6.45) is 1.43. The number of hydrogen-bond acceptors (Lipinski definition) is 7. The number of carbonyl (C=O) groups excluding carboxylic acids is 2. The van der Waals surface area contributed by atoms with Crippen molar-refractivity contribution in [3.8, 4) is 23.0 Å². The van der Waals surface area contributed by atoms with Crippen LogP contribution < -0.4 is 24.4 Å². The van der Waals surface area contributed by atoms with Gasteiger partial charge in [0.05, 0.1) is 33.1 Å². The molecule has 1 N–H and O–H groups in total. The number of aryl methyl sites for hydroxylation is 1. The molecule has 34 heavy (non-hydrogen) atoms. The lowest BCUT2D eigenvalue weighted by atomic mass is 10.1. The maximum Gasteiger partial charge on any atom is 0.343 e. The van der Waals surface area contributed by atoms with E-state index in [1.807, 2.05) is 6.92 Å². The number of nitrogens with one attached hydrogen (secondary N) is 1. The molecule has 0 aromatic heterocycles. The molecule has 0 heterocycles. The van der Waals surface area contributed by atoms with Gasteiger partial charge < -0.3 is 18.9 Å². The summed E-state index contributed by atoms with van der Waals surface area (Å²) in [5.41, 5.74) is 4.53. The summed E-state index contributed by atoms with van der Waals surface area (Å²) in [6.45, 7) is 1.85. The second-order valence-corrected chi connectivity index (χ2v) is 7.45. The largest absolute Gasteiger partial charge is 0.493 e. The van der Waals surface area contributed by atoms with Crippen molar-refractivity contribution >= 4 is 29.7 Å². The normalized spacial score (nSPS) is 10.6. The Balaban J connectivity index is 1.70. The Bertz CT molecular complexity index is 1220. The number of halogens is 1. The van der Waals surface area contributed by atoms with Gasteiger partial charge in [0.2, 0.25) is 5.75 Å². The number of rotatable bonds is 8. The van der Waals surface area contributed by atoms with Gasteiger partial charge >= 0.3 is 5.97 Å². The molecule has 1 amide bonds. The number of hydrazone groups is 1. The van der Waals surface area contributed by atoms with Crippen LogP contribution in [-0.4, -0.2) is 39.4 Å². The van der Waals surface area contributed by atoms with Crippen LogP contribution in [0.4, 0.5) is 0 Å². The molecule has 3 aromatic carbocycles. The minimum atomic E-state index is -0.613. The molecule has 3 aromatic rings. The molecule has 0 saturated heterocycles. The molecular formula is C25H23ClN2O6. The maximum atomic E-state index is 12.7. The van der Waals surface area contributed by atoms with E-state index >= 15 is 0 Å². The monoisotopic (exact) mass is 482 g/mol. The van der Waals surface area contributed by atoms with E-state index in [4.69, 9.17) is 30.5 Å². The Hall–Kier alpha value is -4.04. The van der Waals surface area contributed by atoms with Crippen molar-refractivity contribution in [1.29, 1.82) is 0 Å². The second kappa shape index (κ2) is 11.2. The summed E-state index contributed by atoms with van der Waals surface area (Å²) in [6, 6.07) is 14.7. The van der Waals surface area contributed by atoms with Gasteiger partial charge in [0.25, 0.3) is 5.91 Å². The molecule has 0 atom stereocenters. The summed E-state index contributed by atoms with van der Waals surface area (Å²) in [4.78, 5) is 24.9. The van der Waals surface area contributed by atoms with Crippen LogP contribution >= 0.6 is 11.6 Å². The van der Waals surface area contributed by atoms with Crippen LogP contribution in [0.5, 0.6) is 23.0 Å². The highest BCUT2D eigenvalue weighted by atomic mass is 35.5. The number of esters is 1. The van der Waals surface area contributed by atoms with Gasteiger partial charge in [0, 0.05) is 10.6 Å². The molecular weight excluding hydrogens is 460 g/mol. The van der Waals surface area contributed by atoms with Gasteiger partial charge in [0.15, 0.2) is 11.5 Å². The quantitative estimate of drug-likeness (QED) is 0.217. The molecule has 0 radical (unpaired) electrons. The van der Waals surface area contributed by atoms with Crippen LogP contribution in [-0.2, 0) is 0 Å². The van der Waals surface area contributed by atoms with E-state index in [-0.39, 0.29) is 5.56 Å². The zero-order chi connectivity index (χ0) is 24.7. The zero-order valence-corrected chi connectivity index (χ0v) is 19.8. The molecule has 0 aliphatic heterocycles. The van der Waals surface area contributed by atoms with Crippen molar-refractivity contribution in [2.45, 2.75) is 6.92 Å². The molecule has 0 aliphatic carbocycles. The van der Waals surface area contributed by atoms with Gasteiger partial charge in [-0.15, -0.1) is 0 Å². The SMILES string of the molecule is COc1cc(C(=O)Oc2cccc(/C=N/NC(=O)c3ccc(C)c(Cl)c3)c2)cc(OC)c1OC. The Morgan fingerprint density at radius 3 is 2.24 bits per heavy atom. The number of carbonyl (C=O) groups is 2. The van der Waals surface area contributed by atoms with Crippen molar-refractivity contribution in [2.24, 2.45) is 5.10 Å². The van der Waals surface area contributed by atoms with Crippen LogP contribution in [0.1, 0.15) is 31.8 Å². The van der Waals surface area contributed by atoms with Gasteiger partial charge in [0.1, 0.15) is 5.75 Å². The number of nitrogens with zero attached hydrogens (tertiary/aromatic N) is 1. The van der Waals surface area contributed by atoms with Crippen molar-refractivity contribution in [1.82, 2.24) is 5.43 Å². The smallest absolute Gasteiger partial charge is 0.343 e. The van der Waals surface area contributed by atoms with Crippen molar-refractivity contribution in [2.75, 3.05) is 21.3 Å². The topological polar surface area (TPSA) is 95.5 Å². The van der Waals surface area contributed by atoms with Gasteiger partial charge in [-0.05, 0) is 54.4 Å². The Morgan fingerprint density at radius 1 is 0.912 bits per heavy atom. The van der Waals surface area contributed by atoms with E-state index < -0.39 is 11.9 Å². The first-order valence-electron chi connectivity index (χ1n) is 10.1. The molecule has 9 heteroatoms. The molecule has 0 spiro atoms. The van der Waals surface area contributed by atoms with E-state index in [2.05, 4.69) is 10.5 Å². The molecule has 0 fully saturated rings. The number of benzene rings is 3.